The van der Waals surface area contributed by atoms with Gasteiger partial charge in [0.15, 0.2) is 0 Å². The van der Waals surface area contributed by atoms with Gasteiger partial charge >= 0.3 is 0 Å². The van der Waals surface area contributed by atoms with Crippen molar-refractivity contribution in [1.82, 2.24) is 9.88 Å². The van der Waals surface area contributed by atoms with Crippen molar-refractivity contribution in [2.24, 2.45) is 5.92 Å². The van der Waals surface area contributed by atoms with Crippen LogP contribution in [0.15, 0.2) is 42.6 Å². The van der Waals surface area contributed by atoms with Gasteiger partial charge in [-0.1, -0.05) is 43.5 Å². The monoisotopic (exact) mass is 406 g/mol. The number of rotatable bonds is 6. The Morgan fingerprint density at radius 1 is 1.07 bits per heavy atom. The number of likely N-dealkylation sites (tertiary alicyclic amines) is 1. The number of piperidine rings is 1. The van der Waals surface area contributed by atoms with E-state index in [9.17, 15) is 4.79 Å². The van der Waals surface area contributed by atoms with Crippen LogP contribution in [0.1, 0.15) is 74.6 Å². The van der Waals surface area contributed by atoms with Crippen LogP contribution in [0.3, 0.4) is 0 Å². The second-order valence-electron chi connectivity index (χ2n) is 8.77. The number of aromatic nitrogens is 1. The van der Waals surface area contributed by atoms with Gasteiger partial charge in [0, 0.05) is 43.2 Å². The van der Waals surface area contributed by atoms with Crippen molar-refractivity contribution in [2.75, 3.05) is 19.7 Å². The summed E-state index contributed by atoms with van der Waals surface area (Å²) in [6, 6.07) is 12.6. The van der Waals surface area contributed by atoms with Gasteiger partial charge in [-0.05, 0) is 55.9 Å². The summed E-state index contributed by atoms with van der Waals surface area (Å²) in [4.78, 5) is 19.9. The smallest absolute Gasteiger partial charge is 0.225 e. The Morgan fingerprint density at radius 2 is 1.90 bits per heavy atom. The lowest BCUT2D eigenvalue weighted by Gasteiger charge is -2.35. The molecular formula is C26H34N2O2. The van der Waals surface area contributed by atoms with Gasteiger partial charge in [0.25, 0.3) is 0 Å². The molecule has 1 saturated heterocycles. The van der Waals surface area contributed by atoms with Crippen LogP contribution in [0.2, 0.25) is 0 Å². The van der Waals surface area contributed by atoms with Crippen LogP contribution in [0.25, 0.3) is 0 Å². The van der Waals surface area contributed by atoms with E-state index in [1.54, 1.807) is 0 Å². The van der Waals surface area contributed by atoms with Crippen LogP contribution < -0.4 is 4.74 Å². The van der Waals surface area contributed by atoms with Crippen LogP contribution >= 0.6 is 0 Å². The molecule has 0 radical (unpaired) electrons. The maximum Gasteiger partial charge on any atom is 0.225 e. The van der Waals surface area contributed by atoms with Crippen molar-refractivity contribution >= 4 is 5.91 Å². The van der Waals surface area contributed by atoms with E-state index in [1.807, 2.05) is 25.3 Å². The molecule has 1 atom stereocenters. The molecule has 2 aromatic rings. The summed E-state index contributed by atoms with van der Waals surface area (Å²) >= 11 is 0. The summed E-state index contributed by atoms with van der Waals surface area (Å²) in [6.07, 6.45) is 10.9. The first-order valence-corrected chi connectivity index (χ1v) is 11.7. The highest BCUT2D eigenvalue weighted by molar-refractivity contribution is 5.79. The number of hydrogen-bond acceptors (Lipinski definition) is 3. The molecule has 1 aromatic carbocycles. The SMILES string of the molecule is CCOc1ccccc1Cc1ccc(C2CCCN(C(=O)C3CCCCC3)C2)nc1. The number of para-hydroxylation sites is 1. The highest BCUT2D eigenvalue weighted by Gasteiger charge is 2.30. The van der Waals surface area contributed by atoms with Crippen LogP contribution in [-0.4, -0.2) is 35.5 Å². The third kappa shape index (κ3) is 5.03. The molecule has 0 spiro atoms. The minimum atomic E-state index is 0.262. The van der Waals surface area contributed by atoms with Crippen molar-refractivity contribution in [2.45, 2.75) is 64.2 Å². The quantitative estimate of drug-likeness (QED) is 0.649. The van der Waals surface area contributed by atoms with Gasteiger partial charge in [0.2, 0.25) is 5.91 Å². The molecule has 1 aliphatic heterocycles. The van der Waals surface area contributed by atoms with Crippen LogP contribution in [0.4, 0.5) is 0 Å². The molecule has 1 saturated carbocycles. The Morgan fingerprint density at radius 3 is 2.67 bits per heavy atom. The van der Waals surface area contributed by atoms with Gasteiger partial charge in [0.05, 0.1) is 6.61 Å². The van der Waals surface area contributed by atoms with Gasteiger partial charge in [-0.25, -0.2) is 0 Å². The Hall–Kier alpha value is -2.36. The van der Waals surface area contributed by atoms with E-state index in [2.05, 4.69) is 29.2 Å². The normalized spacial score (nSPS) is 20.2. The molecule has 1 aliphatic carbocycles. The van der Waals surface area contributed by atoms with Crippen molar-refractivity contribution < 1.29 is 9.53 Å². The predicted molar refractivity (Wildman–Crippen MR) is 120 cm³/mol. The topological polar surface area (TPSA) is 42.4 Å². The highest BCUT2D eigenvalue weighted by Crippen LogP contribution is 2.30. The molecule has 4 heteroatoms. The fraction of sp³-hybridized carbons (Fsp3) is 0.538. The number of pyridine rings is 1. The minimum absolute atomic E-state index is 0.262. The zero-order valence-electron chi connectivity index (χ0n) is 18.2. The molecule has 1 amide bonds. The summed E-state index contributed by atoms with van der Waals surface area (Å²) in [6.45, 7) is 4.43. The molecule has 0 N–H and O–H groups in total. The maximum absolute atomic E-state index is 13.0. The lowest BCUT2D eigenvalue weighted by atomic mass is 9.86. The molecule has 0 bridgehead atoms. The highest BCUT2D eigenvalue weighted by atomic mass is 16.5. The lowest BCUT2D eigenvalue weighted by molar-refractivity contribution is -0.137. The molecule has 2 aliphatic rings. The molecule has 160 valence electrons. The Balaban J connectivity index is 1.39. The second-order valence-corrected chi connectivity index (χ2v) is 8.77. The van der Waals surface area contributed by atoms with Gasteiger partial charge < -0.3 is 9.64 Å². The third-order valence-corrected chi connectivity index (χ3v) is 6.62. The van der Waals surface area contributed by atoms with E-state index in [4.69, 9.17) is 9.72 Å². The zero-order valence-corrected chi connectivity index (χ0v) is 18.2. The van der Waals surface area contributed by atoms with Crippen LogP contribution in [-0.2, 0) is 11.2 Å². The van der Waals surface area contributed by atoms with E-state index in [0.717, 1.165) is 56.6 Å². The Labute approximate surface area is 180 Å². The summed E-state index contributed by atoms with van der Waals surface area (Å²) in [5.41, 5.74) is 3.51. The van der Waals surface area contributed by atoms with Gasteiger partial charge in [-0.3, -0.25) is 9.78 Å². The van der Waals surface area contributed by atoms with E-state index in [-0.39, 0.29) is 5.92 Å². The Bertz CT molecular complexity index is 827. The summed E-state index contributed by atoms with van der Waals surface area (Å²) in [7, 11) is 0. The number of ether oxygens (including phenoxy) is 1. The fourth-order valence-electron chi connectivity index (χ4n) is 4.97. The Kier molecular flexibility index (Phi) is 7.03. The molecule has 1 aromatic heterocycles. The van der Waals surface area contributed by atoms with E-state index in [1.165, 1.54) is 30.4 Å². The van der Waals surface area contributed by atoms with Crippen LogP contribution in [0.5, 0.6) is 5.75 Å². The lowest BCUT2D eigenvalue weighted by Crippen LogP contribution is -2.43. The largest absolute Gasteiger partial charge is 0.494 e. The molecular weight excluding hydrogens is 372 g/mol. The first kappa shape index (κ1) is 20.9. The average Bonchev–Trinajstić information content (AvgIpc) is 2.81. The van der Waals surface area contributed by atoms with E-state index in [0.29, 0.717) is 18.4 Å². The first-order valence-electron chi connectivity index (χ1n) is 11.7. The van der Waals surface area contributed by atoms with Crippen molar-refractivity contribution in [3.05, 3.63) is 59.4 Å². The van der Waals surface area contributed by atoms with E-state index >= 15 is 0 Å². The number of carbonyl (C=O) groups excluding carboxylic acids is 1. The predicted octanol–water partition coefficient (Wildman–Crippen LogP) is 5.36. The average molecular weight is 407 g/mol. The molecule has 1 unspecified atom stereocenters. The van der Waals surface area contributed by atoms with Crippen LogP contribution in [0, 0.1) is 5.92 Å². The maximum atomic E-state index is 13.0. The van der Waals surface area contributed by atoms with Gasteiger partial charge in [-0.15, -0.1) is 0 Å². The fourth-order valence-corrected chi connectivity index (χ4v) is 4.97. The third-order valence-electron chi connectivity index (χ3n) is 6.62. The second kappa shape index (κ2) is 10.1. The number of hydrogen-bond donors (Lipinski definition) is 0. The number of carbonyl (C=O) groups is 1. The molecule has 2 fully saturated rings. The zero-order chi connectivity index (χ0) is 20.8. The first-order chi connectivity index (χ1) is 14.7. The minimum Gasteiger partial charge on any atom is -0.494 e. The van der Waals surface area contributed by atoms with Crippen molar-refractivity contribution in [3.8, 4) is 5.75 Å². The molecule has 30 heavy (non-hydrogen) atoms. The van der Waals surface area contributed by atoms with Gasteiger partial charge in [0.1, 0.15) is 5.75 Å². The molecule has 2 heterocycles. The standard InChI is InChI=1S/C26H34N2O2/c1-2-30-25-13-7-6-11-22(25)17-20-14-15-24(27-18-20)23-12-8-16-28(19-23)26(29)21-9-4-3-5-10-21/h6-7,11,13-15,18,21,23H,2-5,8-10,12,16-17,19H2,1H3. The van der Waals surface area contributed by atoms with Crippen molar-refractivity contribution in [3.63, 3.8) is 0 Å². The molecule has 4 rings (SSSR count). The van der Waals surface area contributed by atoms with Crippen molar-refractivity contribution in [1.29, 1.82) is 0 Å². The van der Waals surface area contributed by atoms with E-state index < -0.39 is 0 Å². The summed E-state index contributed by atoms with van der Waals surface area (Å²) in [5.74, 6) is 1.96. The number of amides is 1. The molecule has 4 nitrogen and oxygen atoms in total. The van der Waals surface area contributed by atoms with Gasteiger partial charge in [-0.2, -0.15) is 0 Å². The number of nitrogens with zero attached hydrogens (tertiary/aromatic N) is 2. The number of benzene rings is 1. The summed E-state index contributed by atoms with van der Waals surface area (Å²) in [5, 5.41) is 0. The summed E-state index contributed by atoms with van der Waals surface area (Å²) < 4.78 is 5.75.